The zero-order chi connectivity index (χ0) is 15.2. The molecule has 2 aromatic rings. The summed E-state index contributed by atoms with van der Waals surface area (Å²) < 4.78 is 7.21. The zero-order valence-electron chi connectivity index (χ0n) is 12.8. The molecule has 2 rings (SSSR count). The average molecular weight is 303 g/mol. The van der Waals surface area contributed by atoms with Crippen LogP contribution in [-0.4, -0.2) is 21.9 Å². The summed E-state index contributed by atoms with van der Waals surface area (Å²) >= 11 is 1.70. The Bertz CT molecular complexity index is 622. The first-order valence-electron chi connectivity index (χ1n) is 6.86. The number of methoxy groups -OCH3 is 1. The van der Waals surface area contributed by atoms with E-state index < -0.39 is 0 Å². The van der Waals surface area contributed by atoms with Crippen molar-refractivity contribution in [2.24, 2.45) is 0 Å². The number of aromatic nitrogens is 3. The molecule has 0 aliphatic heterocycles. The smallest absolute Gasteiger partial charge is 0.191 e. The van der Waals surface area contributed by atoms with Crippen LogP contribution >= 0.6 is 11.8 Å². The van der Waals surface area contributed by atoms with Gasteiger partial charge in [-0.25, -0.2) is 0 Å². The molecule has 5 heteroatoms. The molecule has 0 radical (unpaired) electrons. The fourth-order valence-electron chi connectivity index (χ4n) is 2.07. The van der Waals surface area contributed by atoms with Crippen LogP contribution in [-0.2, 0) is 23.6 Å². The second kappa shape index (κ2) is 7.43. The topological polar surface area (TPSA) is 39.9 Å². The van der Waals surface area contributed by atoms with Gasteiger partial charge in [0.15, 0.2) is 11.0 Å². The minimum atomic E-state index is 0.463. The van der Waals surface area contributed by atoms with Crippen LogP contribution in [0.3, 0.4) is 0 Å². The Labute approximate surface area is 130 Å². The number of allylic oxidation sites excluding steroid dienone is 1. The fraction of sp³-hybridized carbons (Fsp3) is 0.375. The van der Waals surface area contributed by atoms with E-state index >= 15 is 0 Å². The largest absolute Gasteiger partial charge is 0.377 e. The SMILES string of the molecule is C=CCn1c(COC)nnc1SCc1cc(C)ccc1C. The first-order chi connectivity index (χ1) is 10.2. The Balaban J connectivity index is 2.15. The van der Waals surface area contributed by atoms with Crippen molar-refractivity contribution < 1.29 is 4.74 Å². The molecule has 0 aliphatic rings. The molecular formula is C16H21N3OS. The van der Waals surface area contributed by atoms with E-state index in [4.69, 9.17) is 4.74 Å². The van der Waals surface area contributed by atoms with Crippen LogP contribution in [0.2, 0.25) is 0 Å². The van der Waals surface area contributed by atoms with E-state index in [2.05, 4.69) is 48.8 Å². The quantitative estimate of drug-likeness (QED) is 0.579. The van der Waals surface area contributed by atoms with Crippen LogP contribution < -0.4 is 0 Å². The monoisotopic (exact) mass is 303 g/mol. The normalized spacial score (nSPS) is 10.8. The molecule has 0 saturated heterocycles. The van der Waals surface area contributed by atoms with E-state index in [1.54, 1.807) is 18.9 Å². The van der Waals surface area contributed by atoms with Gasteiger partial charge in [-0.15, -0.1) is 16.8 Å². The summed E-state index contributed by atoms with van der Waals surface area (Å²) in [6.45, 7) is 9.21. The Morgan fingerprint density at radius 1 is 1.33 bits per heavy atom. The number of hydrogen-bond donors (Lipinski definition) is 0. The molecule has 0 N–H and O–H groups in total. The highest BCUT2D eigenvalue weighted by atomic mass is 32.2. The van der Waals surface area contributed by atoms with Gasteiger partial charge in [0.05, 0.1) is 0 Å². The first-order valence-corrected chi connectivity index (χ1v) is 7.85. The summed E-state index contributed by atoms with van der Waals surface area (Å²) in [7, 11) is 1.66. The second-order valence-electron chi connectivity index (χ2n) is 4.95. The van der Waals surface area contributed by atoms with Crippen molar-refractivity contribution in [3.8, 4) is 0 Å². The number of thioether (sulfide) groups is 1. The molecule has 0 spiro atoms. The van der Waals surface area contributed by atoms with Crippen LogP contribution in [0, 0.1) is 13.8 Å². The van der Waals surface area contributed by atoms with E-state index in [1.165, 1.54) is 16.7 Å². The number of nitrogens with zero attached hydrogens (tertiary/aromatic N) is 3. The van der Waals surface area contributed by atoms with Crippen molar-refractivity contribution in [2.75, 3.05) is 7.11 Å². The summed E-state index contributed by atoms with van der Waals surface area (Å²) in [4.78, 5) is 0. The Kier molecular flexibility index (Phi) is 5.59. The lowest BCUT2D eigenvalue weighted by Crippen LogP contribution is -2.05. The van der Waals surface area contributed by atoms with Crippen molar-refractivity contribution in [3.63, 3.8) is 0 Å². The van der Waals surface area contributed by atoms with E-state index in [0.29, 0.717) is 13.2 Å². The second-order valence-corrected chi connectivity index (χ2v) is 5.89. The van der Waals surface area contributed by atoms with E-state index in [0.717, 1.165) is 16.7 Å². The van der Waals surface area contributed by atoms with E-state index in [1.807, 2.05) is 10.6 Å². The summed E-state index contributed by atoms with van der Waals surface area (Å²) in [5, 5.41) is 9.37. The van der Waals surface area contributed by atoms with Crippen molar-refractivity contribution in [1.82, 2.24) is 14.8 Å². The van der Waals surface area contributed by atoms with Crippen LogP contribution in [0.25, 0.3) is 0 Å². The van der Waals surface area contributed by atoms with Crippen LogP contribution in [0.1, 0.15) is 22.5 Å². The van der Waals surface area contributed by atoms with Gasteiger partial charge in [-0.1, -0.05) is 41.6 Å². The van der Waals surface area contributed by atoms with Crippen LogP contribution in [0.4, 0.5) is 0 Å². The van der Waals surface area contributed by atoms with Crippen LogP contribution in [0.5, 0.6) is 0 Å². The molecule has 0 amide bonds. The molecule has 1 aromatic heterocycles. The standard InChI is InChI=1S/C16H21N3OS/c1-5-8-19-15(10-20-4)17-18-16(19)21-11-14-9-12(2)6-7-13(14)3/h5-7,9H,1,8,10-11H2,2-4H3. The lowest BCUT2D eigenvalue weighted by molar-refractivity contribution is 0.174. The Morgan fingerprint density at radius 3 is 2.86 bits per heavy atom. The molecule has 21 heavy (non-hydrogen) atoms. The molecule has 0 unspecified atom stereocenters. The fourth-order valence-corrected chi connectivity index (χ4v) is 3.10. The minimum Gasteiger partial charge on any atom is -0.377 e. The van der Waals surface area contributed by atoms with E-state index in [9.17, 15) is 0 Å². The molecule has 1 aromatic carbocycles. The lowest BCUT2D eigenvalue weighted by atomic mass is 10.1. The molecule has 0 atom stereocenters. The molecule has 0 bridgehead atoms. The molecule has 0 fully saturated rings. The summed E-state index contributed by atoms with van der Waals surface area (Å²) in [6, 6.07) is 6.53. The predicted molar refractivity (Wildman–Crippen MR) is 86.4 cm³/mol. The summed E-state index contributed by atoms with van der Waals surface area (Å²) in [5.41, 5.74) is 3.92. The van der Waals surface area contributed by atoms with Crippen LogP contribution in [0.15, 0.2) is 36.0 Å². The van der Waals surface area contributed by atoms with Gasteiger partial charge >= 0.3 is 0 Å². The summed E-state index contributed by atoms with van der Waals surface area (Å²) in [5.74, 6) is 1.72. The number of aryl methyl sites for hydroxylation is 2. The number of ether oxygens (including phenoxy) is 1. The molecule has 4 nitrogen and oxygen atoms in total. The molecule has 1 heterocycles. The van der Waals surface area contributed by atoms with Gasteiger partial charge in [0.1, 0.15) is 6.61 Å². The van der Waals surface area contributed by atoms with Crippen molar-refractivity contribution in [2.45, 2.75) is 37.9 Å². The molecule has 0 saturated carbocycles. The van der Waals surface area contributed by atoms with E-state index in [-0.39, 0.29) is 0 Å². The maximum atomic E-state index is 5.16. The van der Waals surface area contributed by atoms with Crippen molar-refractivity contribution in [1.29, 1.82) is 0 Å². The Hall–Kier alpha value is -1.59. The highest BCUT2D eigenvalue weighted by molar-refractivity contribution is 7.98. The predicted octanol–water partition coefficient (Wildman–Crippen LogP) is 3.52. The minimum absolute atomic E-state index is 0.463. The van der Waals surface area contributed by atoms with Gasteiger partial charge in [0.25, 0.3) is 0 Å². The van der Waals surface area contributed by atoms with Gasteiger partial charge in [0, 0.05) is 19.4 Å². The highest BCUT2D eigenvalue weighted by Gasteiger charge is 2.12. The van der Waals surface area contributed by atoms with Gasteiger partial charge in [-0.2, -0.15) is 0 Å². The highest BCUT2D eigenvalue weighted by Crippen LogP contribution is 2.24. The average Bonchev–Trinajstić information content (AvgIpc) is 2.83. The summed E-state index contributed by atoms with van der Waals surface area (Å²) in [6.07, 6.45) is 1.85. The zero-order valence-corrected chi connectivity index (χ0v) is 13.6. The van der Waals surface area contributed by atoms with Gasteiger partial charge in [-0.3, -0.25) is 0 Å². The third-order valence-electron chi connectivity index (χ3n) is 3.24. The molecule has 0 aliphatic carbocycles. The third kappa shape index (κ3) is 3.95. The first kappa shape index (κ1) is 15.8. The lowest BCUT2D eigenvalue weighted by Gasteiger charge is -2.09. The molecular weight excluding hydrogens is 282 g/mol. The Morgan fingerprint density at radius 2 is 2.14 bits per heavy atom. The van der Waals surface area contributed by atoms with Gasteiger partial charge in [0.2, 0.25) is 0 Å². The maximum absolute atomic E-state index is 5.16. The van der Waals surface area contributed by atoms with Crippen molar-refractivity contribution >= 4 is 11.8 Å². The molecule has 112 valence electrons. The van der Waals surface area contributed by atoms with Gasteiger partial charge in [-0.05, 0) is 25.0 Å². The third-order valence-corrected chi connectivity index (χ3v) is 4.26. The maximum Gasteiger partial charge on any atom is 0.191 e. The van der Waals surface area contributed by atoms with Crippen molar-refractivity contribution in [3.05, 3.63) is 53.4 Å². The number of rotatable bonds is 7. The number of benzene rings is 1. The number of hydrogen-bond acceptors (Lipinski definition) is 4. The van der Waals surface area contributed by atoms with Gasteiger partial charge < -0.3 is 9.30 Å².